The van der Waals surface area contributed by atoms with Gasteiger partial charge in [0.25, 0.3) is 0 Å². The molecule has 1 rings (SSSR count). The van der Waals surface area contributed by atoms with Crippen LogP contribution in [0.3, 0.4) is 0 Å². The van der Waals surface area contributed by atoms with Crippen LogP contribution in [0, 0.1) is 5.92 Å². The molecule has 1 heterocycles. The van der Waals surface area contributed by atoms with E-state index in [9.17, 15) is 24.0 Å². The molecule has 16 nitrogen and oxygen atoms in total. The fraction of sp³-hybridized carbons (Fsp3) is 0.784. The van der Waals surface area contributed by atoms with E-state index in [1.165, 1.54) is 51.3 Å². The van der Waals surface area contributed by atoms with E-state index in [1.807, 2.05) is 0 Å². The summed E-state index contributed by atoms with van der Waals surface area (Å²) in [4.78, 5) is 66.8. The number of nitrogens with one attached hydrogen (secondary N) is 4. The van der Waals surface area contributed by atoms with E-state index in [1.54, 1.807) is 6.20 Å². The summed E-state index contributed by atoms with van der Waals surface area (Å²) in [6.07, 6.45) is 16.6. The van der Waals surface area contributed by atoms with Crippen LogP contribution in [0.25, 0.3) is 0 Å². The summed E-state index contributed by atoms with van der Waals surface area (Å²) in [5.74, 6) is -1.89. The number of ketones is 1. The number of carbonyl (C=O) groups excluding carboxylic acids is 5. The van der Waals surface area contributed by atoms with Crippen molar-refractivity contribution >= 4 is 29.4 Å². The van der Waals surface area contributed by atoms with Gasteiger partial charge in [0.05, 0.1) is 52.0 Å². The Morgan fingerprint density at radius 1 is 0.698 bits per heavy atom. The van der Waals surface area contributed by atoms with Gasteiger partial charge < -0.3 is 51.3 Å². The van der Waals surface area contributed by atoms with E-state index in [2.05, 4.69) is 32.8 Å². The van der Waals surface area contributed by atoms with Gasteiger partial charge in [-0.05, 0) is 19.3 Å². The first-order valence-corrected chi connectivity index (χ1v) is 19.4. The molecule has 8 N–H and O–H groups in total. The predicted octanol–water partition coefficient (Wildman–Crippen LogP) is 1.85. The van der Waals surface area contributed by atoms with Gasteiger partial charge in [0.15, 0.2) is 5.78 Å². The zero-order chi connectivity index (χ0) is 38.8. The molecule has 53 heavy (non-hydrogen) atoms. The minimum absolute atomic E-state index is 0.0201. The van der Waals surface area contributed by atoms with Crippen LogP contribution in [0.2, 0.25) is 0 Å². The van der Waals surface area contributed by atoms with Crippen molar-refractivity contribution in [3.05, 3.63) is 18.2 Å². The number of aromatic nitrogens is 2. The van der Waals surface area contributed by atoms with Crippen molar-refractivity contribution in [2.24, 2.45) is 17.4 Å². The second-order valence-corrected chi connectivity index (χ2v) is 13.1. The highest BCUT2D eigenvalue weighted by atomic mass is 16.5. The molecular weight excluding hydrogens is 686 g/mol. The highest BCUT2D eigenvalue weighted by Gasteiger charge is 2.23. The number of aromatic amines is 1. The fourth-order valence-electron chi connectivity index (χ4n) is 5.31. The third-order valence-electron chi connectivity index (χ3n) is 8.41. The van der Waals surface area contributed by atoms with Crippen LogP contribution < -0.4 is 27.4 Å². The van der Waals surface area contributed by atoms with Crippen LogP contribution in [0.15, 0.2) is 12.5 Å². The van der Waals surface area contributed by atoms with Gasteiger partial charge in [-0.1, -0.05) is 64.7 Å². The molecule has 0 aliphatic heterocycles. The van der Waals surface area contributed by atoms with E-state index in [0.717, 1.165) is 18.5 Å². The van der Waals surface area contributed by atoms with Crippen LogP contribution in [0.5, 0.6) is 0 Å². The topological polar surface area (TPSA) is 239 Å². The maximum absolute atomic E-state index is 12.4. The van der Waals surface area contributed by atoms with E-state index < -0.39 is 17.9 Å². The number of hydrogen-bond acceptors (Lipinski definition) is 11. The molecule has 0 bridgehead atoms. The van der Waals surface area contributed by atoms with Crippen molar-refractivity contribution in [1.29, 1.82) is 0 Å². The first-order valence-electron chi connectivity index (χ1n) is 19.4. The third kappa shape index (κ3) is 28.7. The monoisotopic (exact) mass is 754 g/mol. The van der Waals surface area contributed by atoms with Crippen molar-refractivity contribution in [3.63, 3.8) is 0 Å². The number of Topliss-reactive ketones (excluding diaryl/α,β-unsaturated/α-hetero) is 1. The largest absolute Gasteiger partial charge is 0.377 e. The lowest BCUT2D eigenvalue weighted by atomic mass is 9.92. The molecule has 0 aliphatic rings. The third-order valence-corrected chi connectivity index (χ3v) is 8.41. The first-order chi connectivity index (χ1) is 25.7. The molecule has 1 aromatic heterocycles. The molecule has 16 heteroatoms. The summed E-state index contributed by atoms with van der Waals surface area (Å²) < 4.78 is 21.5. The Labute approximate surface area is 315 Å². The SMILES string of the molecule is CCCCCCCCCCCC(=O)NCCOCCOCC(=O)NCCOCCOCC(=O)NCCCC[C@H](CC(=O)[C@@H](N)Cc1cnc[nH]1)C(N)=O. The zero-order valence-electron chi connectivity index (χ0n) is 32.0. The summed E-state index contributed by atoms with van der Waals surface area (Å²) in [5, 5.41) is 8.30. The Morgan fingerprint density at radius 3 is 1.81 bits per heavy atom. The molecule has 4 amide bonds. The number of nitrogens with zero attached hydrogens (tertiary/aromatic N) is 1. The van der Waals surface area contributed by atoms with E-state index >= 15 is 0 Å². The minimum Gasteiger partial charge on any atom is -0.377 e. The number of imidazole rings is 1. The lowest BCUT2D eigenvalue weighted by Crippen LogP contribution is -2.36. The molecule has 304 valence electrons. The molecule has 0 aliphatic carbocycles. The number of amides is 4. The van der Waals surface area contributed by atoms with Gasteiger partial charge in [0.2, 0.25) is 23.6 Å². The van der Waals surface area contributed by atoms with Gasteiger partial charge in [-0.2, -0.15) is 0 Å². The number of ether oxygens (including phenoxy) is 4. The smallest absolute Gasteiger partial charge is 0.246 e. The van der Waals surface area contributed by atoms with Gasteiger partial charge in [-0.15, -0.1) is 0 Å². The zero-order valence-corrected chi connectivity index (χ0v) is 32.0. The van der Waals surface area contributed by atoms with Crippen molar-refractivity contribution in [2.75, 3.05) is 72.5 Å². The molecule has 0 aromatic carbocycles. The van der Waals surface area contributed by atoms with Crippen LogP contribution in [-0.4, -0.2) is 118 Å². The summed E-state index contributed by atoms with van der Waals surface area (Å²) in [5.41, 5.74) is 12.2. The summed E-state index contributed by atoms with van der Waals surface area (Å²) in [6, 6.07) is -0.747. The standard InChI is InChI=1S/C37H67N7O9/c1-2-3-4-5-6-7-8-9-10-14-34(46)42-16-18-50-20-23-53-28-36(48)43-17-19-51-21-22-52-27-35(47)41-15-12-11-13-30(37(39)49)24-33(45)32(38)25-31-26-40-29-44-31/h26,29-30,32H,2-25,27-28,38H2,1H3,(H2,39,49)(H,40,44)(H,41,47)(H,42,46)(H,43,48)/t30-,32+/m1/s1. The molecule has 2 atom stereocenters. The molecule has 0 saturated carbocycles. The number of primary amides is 1. The molecular formula is C37H67N7O9. The minimum atomic E-state index is -0.747. The highest BCUT2D eigenvalue weighted by Crippen LogP contribution is 2.15. The number of hydrogen-bond donors (Lipinski definition) is 6. The average molecular weight is 754 g/mol. The number of nitrogens with two attached hydrogens (primary N) is 2. The number of carbonyl (C=O) groups is 5. The van der Waals surface area contributed by atoms with Crippen LogP contribution in [-0.2, 0) is 49.3 Å². The van der Waals surface area contributed by atoms with Crippen LogP contribution >= 0.6 is 0 Å². The van der Waals surface area contributed by atoms with Crippen molar-refractivity contribution in [2.45, 2.75) is 109 Å². The van der Waals surface area contributed by atoms with Gasteiger partial charge in [0.1, 0.15) is 13.2 Å². The number of rotatable bonds is 37. The van der Waals surface area contributed by atoms with E-state index in [0.29, 0.717) is 65.0 Å². The molecule has 0 saturated heterocycles. The van der Waals surface area contributed by atoms with E-state index in [4.69, 9.17) is 30.4 Å². The summed E-state index contributed by atoms with van der Waals surface area (Å²) in [6.45, 7) is 4.90. The average Bonchev–Trinajstić information content (AvgIpc) is 3.65. The Bertz CT molecular complexity index is 1110. The molecule has 0 radical (unpaired) electrons. The van der Waals surface area contributed by atoms with E-state index in [-0.39, 0.29) is 69.6 Å². The van der Waals surface area contributed by atoms with Crippen LogP contribution in [0.1, 0.15) is 103 Å². The molecule has 1 aromatic rings. The maximum atomic E-state index is 12.4. The molecule has 0 spiro atoms. The Kier molecular flexibility index (Phi) is 29.8. The van der Waals surface area contributed by atoms with Gasteiger partial charge in [0, 0.05) is 56.7 Å². The van der Waals surface area contributed by atoms with Crippen molar-refractivity contribution in [1.82, 2.24) is 25.9 Å². The molecule has 0 unspecified atom stereocenters. The van der Waals surface area contributed by atoms with Crippen molar-refractivity contribution in [3.8, 4) is 0 Å². The van der Waals surface area contributed by atoms with Gasteiger partial charge in [-0.25, -0.2) is 4.98 Å². The second kappa shape index (κ2) is 33.2. The fourth-order valence-corrected chi connectivity index (χ4v) is 5.31. The lowest BCUT2D eigenvalue weighted by molar-refractivity contribution is -0.128. The predicted molar refractivity (Wildman–Crippen MR) is 201 cm³/mol. The van der Waals surface area contributed by atoms with Gasteiger partial charge >= 0.3 is 0 Å². The normalized spacial score (nSPS) is 12.3. The Hall–Kier alpha value is -3.44. The Balaban J connectivity index is 1.88. The number of unbranched alkanes of at least 4 members (excludes halogenated alkanes) is 9. The quantitative estimate of drug-likeness (QED) is 0.0536. The maximum Gasteiger partial charge on any atom is 0.246 e. The first kappa shape index (κ1) is 47.6. The second-order valence-electron chi connectivity index (χ2n) is 13.1. The number of H-pyrrole nitrogens is 1. The summed E-state index contributed by atoms with van der Waals surface area (Å²) >= 11 is 0. The molecule has 0 fully saturated rings. The van der Waals surface area contributed by atoms with Gasteiger partial charge in [-0.3, -0.25) is 24.0 Å². The van der Waals surface area contributed by atoms with Crippen molar-refractivity contribution < 1.29 is 42.9 Å². The Morgan fingerprint density at radius 2 is 1.25 bits per heavy atom. The lowest BCUT2D eigenvalue weighted by Gasteiger charge is -2.15. The van der Waals surface area contributed by atoms with Crippen LogP contribution in [0.4, 0.5) is 0 Å². The highest BCUT2D eigenvalue weighted by molar-refractivity contribution is 5.89. The summed E-state index contributed by atoms with van der Waals surface area (Å²) in [7, 11) is 0.